The molecule has 6 nitrogen and oxygen atoms in total. The number of carbonyl (C=O) groups is 1. The highest BCUT2D eigenvalue weighted by molar-refractivity contribution is 7.07. The first-order chi connectivity index (χ1) is 10.8. The monoisotopic (exact) mass is 314 g/mol. The Kier molecular flexibility index (Phi) is 4.30. The van der Waals surface area contributed by atoms with E-state index in [1.807, 2.05) is 22.9 Å². The third-order valence-electron chi connectivity index (χ3n) is 3.48. The first-order valence-corrected chi connectivity index (χ1v) is 7.87. The molecular weight excluding hydrogens is 300 g/mol. The molecule has 1 saturated heterocycles. The average molecular weight is 314 g/mol. The van der Waals surface area contributed by atoms with Crippen molar-refractivity contribution in [2.45, 2.75) is 18.9 Å². The fourth-order valence-corrected chi connectivity index (χ4v) is 3.05. The molecule has 0 N–H and O–H groups in total. The van der Waals surface area contributed by atoms with Gasteiger partial charge in [0.2, 0.25) is 11.6 Å². The topological polar surface area (TPSA) is 79.1 Å². The Morgan fingerprint density at radius 1 is 1.50 bits per heavy atom. The summed E-state index contributed by atoms with van der Waals surface area (Å²) in [5.74, 6) is 0.339. The summed E-state index contributed by atoms with van der Waals surface area (Å²) in [5, 5.41) is 12.9. The van der Waals surface area contributed by atoms with Crippen molar-refractivity contribution in [3.8, 4) is 11.9 Å². The number of hydrogen-bond acceptors (Lipinski definition) is 6. The van der Waals surface area contributed by atoms with Crippen LogP contribution in [0.3, 0.4) is 0 Å². The van der Waals surface area contributed by atoms with Crippen LogP contribution in [-0.4, -0.2) is 40.0 Å². The Bertz CT molecular complexity index is 696. The van der Waals surface area contributed by atoms with Gasteiger partial charge in [0.25, 0.3) is 5.88 Å². The molecule has 0 saturated carbocycles. The van der Waals surface area contributed by atoms with Crippen molar-refractivity contribution in [1.82, 2.24) is 14.9 Å². The lowest BCUT2D eigenvalue weighted by Gasteiger charge is -2.16. The molecule has 1 aliphatic rings. The van der Waals surface area contributed by atoms with Crippen LogP contribution in [0.5, 0.6) is 5.88 Å². The van der Waals surface area contributed by atoms with Crippen molar-refractivity contribution in [2.75, 3.05) is 13.1 Å². The van der Waals surface area contributed by atoms with E-state index < -0.39 is 0 Å². The number of aromatic nitrogens is 2. The Hall–Kier alpha value is -2.46. The maximum Gasteiger partial charge on any atom is 0.251 e. The van der Waals surface area contributed by atoms with Crippen LogP contribution >= 0.6 is 11.3 Å². The van der Waals surface area contributed by atoms with Gasteiger partial charge in [0.05, 0.1) is 13.0 Å². The molecule has 1 aliphatic heterocycles. The van der Waals surface area contributed by atoms with Crippen LogP contribution < -0.4 is 4.74 Å². The van der Waals surface area contributed by atoms with E-state index in [1.165, 1.54) is 12.4 Å². The second kappa shape index (κ2) is 6.54. The summed E-state index contributed by atoms with van der Waals surface area (Å²) in [6.45, 7) is 1.18. The molecule has 2 aromatic rings. The number of nitriles is 1. The van der Waals surface area contributed by atoms with E-state index in [0.717, 1.165) is 12.0 Å². The Morgan fingerprint density at radius 3 is 3.14 bits per heavy atom. The zero-order valence-electron chi connectivity index (χ0n) is 11.8. The van der Waals surface area contributed by atoms with E-state index in [9.17, 15) is 4.79 Å². The maximum absolute atomic E-state index is 12.2. The van der Waals surface area contributed by atoms with Crippen molar-refractivity contribution in [2.24, 2.45) is 0 Å². The van der Waals surface area contributed by atoms with E-state index >= 15 is 0 Å². The summed E-state index contributed by atoms with van der Waals surface area (Å²) < 4.78 is 5.73. The first kappa shape index (κ1) is 14.5. The molecule has 1 atom stereocenters. The van der Waals surface area contributed by atoms with Gasteiger partial charge in [-0.25, -0.2) is 9.97 Å². The minimum absolute atomic E-state index is 0.101. The van der Waals surface area contributed by atoms with Gasteiger partial charge in [-0.15, -0.1) is 0 Å². The summed E-state index contributed by atoms with van der Waals surface area (Å²) in [6.07, 6.45) is 3.96. The predicted octanol–water partition coefficient (Wildman–Crippen LogP) is 1.63. The van der Waals surface area contributed by atoms with Crippen LogP contribution in [-0.2, 0) is 11.2 Å². The molecule has 0 radical (unpaired) electrons. The number of nitrogens with zero attached hydrogens (tertiary/aromatic N) is 4. The number of amides is 1. The number of carbonyl (C=O) groups excluding carboxylic acids is 1. The van der Waals surface area contributed by atoms with Gasteiger partial charge >= 0.3 is 0 Å². The summed E-state index contributed by atoms with van der Waals surface area (Å²) >= 11 is 1.59. The maximum atomic E-state index is 12.2. The molecule has 3 heterocycles. The molecule has 0 bridgehead atoms. The van der Waals surface area contributed by atoms with Crippen LogP contribution in [0.2, 0.25) is 0 Å². The second-order valence-corrected chi connectivity index (χ2v) is 5.78. The number of rotatable bonds is 4. The lowest BCUT2D eigenvalue weighted by Crippen LogP contribution is -2.32. The van der Waals surface area contributed by atoms with Gasteiger partial charge in [0.1, 0.15) is 12.2 Å². The number of likely N-dealkylation sites (tertiary alicyclic amines) is 1. The molecule has 1 amide bonds. The lowest BCUT2D eigenvalue weighted by atomic mass is 10.2. The molecule has 2 aromatic heterocycles. The smallest absolute Gasteiger partial charge is 0.251 e. The average Bonchev–Trinajstić information content (AvgIpc) is 3.19. The van der Waals surface area contributed by atoms with Gasteiger partial charge in [-0.3, -0.25) is 4.79 Å². The molecule has 0 aliphatic carbocycles. The third kappa shape index (κ3) is 3.23. The summed E-state index contributed by atoms with van der Waals surface area (Å²) in [7, 11) is 0. The number of hydrogen-bond donors (Lipinski definition) is 0. The van der Waals surface area contributed by atoms with E-state index in [-0.39, 0.29) is 23.6 Å². The van der Waals surface area contributed by atoms with Gasteiger partial charge in [-0.1, -0.05) is 0 Å². The molecule has 1 fully saturated rings. The Labute approximate surface area is 132 Å². The summed E-state index contributed by atoms with van der Waals surface area (Å²) in [4.78, 5) is 22.0. The molecule has 7 heteroatoms. The van der Waals surface area contributed by atoms with Crippen molar-refractivity contribution >= 4 is 17.2 Å². The zero-order chi connectivity index (χ0) is 15.4. The van der Waals surface area contributed by atoms with Crippen molar-refractivity contribution < 1.29 is 9.53 Å². The van der Waals surface area contributed by atoms with Gasteiger partial charge < -0.3 is 9.64 Å². The molecular formula is C15H14N4O2S. The standard InChI is InChI=1S/C15H14N4O2S/c16-8-13-15(18-4-3-17-13)21-12-1-5-19(9-12)14(20)7-11-2-6-22-10-11/h2-4,6,10,12H,1,5,7,9H2/t12-/m1/s1. The largest absolute Gasteiger partial charge is 0.470 e. The van der Waals surface area contributed by atoms with Crippen LogP contribution in [0.25, 0.3) is 0 Å². The van der Waals surface area contributed by atoms with E-state index in [0.29, 0.717) is 19.5 Å². The van der Waals surface area contributed by atoms with E-state index in [4.69, 9.17) is 10.00 Å². The van der Waals surface area contributed by atoms with Crippen molar-refractivity contribution in [1.29, 1.82) is 5.26 Å². The highest BCUT2D eigenvalue weighted by Crippen LogP contribution is 2.19. The molecule has 22 heavy (non-hydrogen) atoms. The minimum Gasteiger partial charge on any atom is -0.470 e. The molecule has 0 aromatic carbocycles. The van der Waals surface area contributed by atoms with E-state index in [2.05, 4.69) is 9.97 Å². The fourth-order valence-electron chi connectivity index (χ4n) is 2.38. The molecule has 112 valence electrons. The van der Waals surface area contributed by atoms with Gasteiger partial charge in [-0.05, 0) is 22.4 Å². The summed E-state index contributed by atoms with van der Waals surface area (Å²) in [5.41, 5.74) is 1.21. The Balaban J connectivity index is 1.58. The van der Waals surface area contributed by atoms with Gasteiger partial charge in [0, 0.05) is 25.4 Å². The van der Waals surface area contributed by atoms with Crippen LogP contribution in [0, 0.1) is 11.3 Å². The fraction of sp³-hybridized carbons (Fsp3) is 0.333. The Morgan fingerprint density at radius 2 is 2.36 bits per heavy atom. The van der Waals surface area contributed by atoms with Gasteiger partial charge in [0.15, 0.2) is 0 Å². The van der Waals surface area contributed by atoms with E-state index in [1.54, 1.807) is 16.2 Å². The second-order valence-electron chi connectivity index (χ2n) is 5.00. The SMILES string of the molecule is N#Cc1nccnc1O[C@@H]1CCN(C(=O)Cc2ccsc2)C1. The van der Waals surface area contributed by atoms with Crippen molar-refractivity contribution in [3.05, 3.63) is 40.5 Å². The van der Waals surface area contributed by atoms with Crippen LogP contribution in [0.4, 0.5) is 0 Å². The quantitative estimate of drug-likeness (QED) is 0.857. The molecule has 3 rings (SSSR count). The van der Waals surface area contributed by atoms with Crippen LogP contribution in [0.1, 0.15) is 17.7 Å². The minimum atomic E-state index is -0.143. The molecule has 0 spiro atoms. The van der Waals surface area contributed by atoms with Gasteiger partial charge in [-0.2, -0.15) is 16.6 Å². The normalized spacial score (nSPS) is 17.2. The predicted molar refractivity (Wildman–Crippen MR) is 80.4 cm³/mol. The number of ether oxygens (including phenoxy) is 1. The summed E-state index contributed by atoms with van der Waals surface area (Å²) in [6, 6.07) is 3.92. The highest BCUT2D eigenvalue weighted by Gasteiger charge is 2.28. The van der Waals surface area contributed by atoms with Crippen molar-refractivity contribution in [3.63, 3.8) is 0 Å². The third-order valence-corrected chi connectivity index (χ3v) is 4.21. The van der Waals surface area contributed by atoms with Crippen LogP contribution in [0.15, 0.2) is 29.2 Å². The highest BCUT2D eigenvalue weighted by atomic mass is 32.1. The zero-order valence-corrected chi connectivity index (χ0v) is 12.6. The first-order valence-electron chi connectivity index (χ1n) is 6.93. The lowest BCUT2D eigenvalue weighted by molar-refractivity contribution is -0.129. The molecule has 0 unspecified atom stereocenters. The number of thiophene rings is 1.